The molecular formula is C14H20FN3O3. The number of carbonyl (C=O) groups is 1. The number of nitrogens with one attached hydrogen (secondary N) is 1. The Morgan fingerprint density at radius 3 is 3.14 bits per heavy atom. The van der Waals surface area contributed by atoms with Crippen molar-refractivity contribution in [3.8, 4) is 0 Å². The topological polar surface area (TPSA) is 87.8 Å². The Hall–Kier alpha value is -1.70. The monoisotopic (exact) mass is 297 g/mol. The fourth-order valence-corrected chi connectivity index (χ4v) is 2.25. The zero-order valence-corrected chi connectivity index (χ0v) is 11.7. The summed E-state index contributed by atoms with van der Waals surface area (Å²) < 4.78 is 18.8. The Bertz CT molecular complexity index is 498. The molecule has 1 unspecified atom stereocenters. The molecule has 0 aromatic heterocycles. The van der Waals surface area contributed by atoms with Crippen LogP contribution in [-0.4, -0.2) is 54.9 Å². The number of nitrogen functional groups attached to an aromatic ring is 1. The number of aliphatic hydroxyl groups is 1. The second-order valence-corrected chi connectivity index (χ2v) is 4.98. The van der Waals surface area contributed by atoms with Gasteiger partial charge in [-0.2, -0.15) is 0 Å². The molecule has 1 fully saturated rings. The number of hydrogen-bond donors (Lipinski definition) is 3. The maximum absolute atomic E-state index is 13.5. The van der Waals surface area contributed by atoms with E-state index in [1.807, 2.05) is 4.90 Å². The van der Waals surface area contributed by atoms with E-state index in [1.54, 1.807) is 0 Å². The predicted molar refractivity (Wildman–Crippen MR) is 77.3 cm³/mol. The SMILES string of the molecule is Nc1ccc(F)c(NC(=O)CCN2CCOCC2CO)c1. The number of nitrogens with two attached hydrogens (primary N) is 1. The highest BCUT2D eigenvalue weighted by Gasteiger charge is 2.22. The molecule has 1 saturated heterocycles. The van der Waals surface area contributed by atoms with Crippen molar-refractivity contribution in [2.24, 2.45) is 0 Å². The summed E-state index contributed by atoms with van der Waals surface area (Å²) in [7, 11) is 0. The summed E-state index contributed by atoms with van der Waals surface area (Å²) in [6, 6.07) is 3.95. The first-order valence-corrected chi connectivity index (χ1v) is 6.87. The molecule has 0 aliphatic carbocycles. The van der Waals surface area contributed by atoms with Crippen LogP contribution in [0.1, 0.15) is 6.42 Å². The van der Waals surface area contributed by atoms with E-state index >= 15 is 0 Å². The number of ether oxygens (including phenoxy) is 1. The molecule has 0 radical (unpaired) electrons. The summed E-state index contributed by atoms with van der Waals surface area (Å²) >= 11 is 0. The van der Waals surface area contributed by atoms with Gasteiger partial charge in [0.15, 0.2) is 0 Å². The third-order valence-corrected chi connectivity index (χ3v) is 3.45. The largest absolute Gasteiger partial charge is 0.399 e. The number of benzene rings is 1. The molecule has 1 amide bonds. The number of hydrogen-bond acceptors (Lipinski definition) is 5. The van der Waals surface area contributed by atoms with Crippen molar-refractivity contribution in [3.05, 3.63) is 24.0 Å². The van der Waals surface area contributed by atoms with Crippen LogP contribution in [0.2, 0.25) is 0 Å². The van der Waals surface area contributed by atoms with Crippen molar-refractivity contribution < 1.29 is 19.0 Å². The number of morpholine rings is 1. The van der Waals surface area contributed by atoms with Gasteiger partial charge in [0.25, 0.3) is 0 Å². The summed E-state index contributed by atoms with van der Waals surface area (Å²) in [5.74, 6) is -0.806. The van der Waals surface area contributed by atoms with E-state index in [1.165, 1.54) is 18.2 Å². The first kappa shape index (κ1) is 15.7. The first-order chi connectivity index (χ1) is 10.1. The van der Waals surface area contributed by atoms with Gasteiger partial charge in [-0.25, -0.2) is 4.39 Å². The molecule has 21 heavy (non-hydrogen) atoms. The zero-order valence-electron chi connectivity index (χ0n) is 11.7. The van der Waals surface area contributed by atoms with E-state index < -0.39 is 5.82 Å². The van der Waals surface area contributed by atoms with Gasteiger partial charge in [-0.3, -0.25) is 9.69 Å². The number of nitrogens with zero attached hydrogens (tertiary/aromatic N) is 1. The van der Waals surface area contributed by atoms with Crippen LogP contribution in [0.5, 0.6) is 0 Å². The number of rotatable bonds is 5. The summed E-state index contributed by atoms with van der Waals surface area (Å²) in [5.41, 5.74) is 6.04. The molecule has 2 rings (SSSR count). The highest BCUT2D eigenvalue weighted by Crippen LogP contribution is 2.17. The molecule has 1 aromatic carbocycles. The minimum atomic E-state index is -0.517. The van der Waals surface area contributed by atoms with E-state index in [-0.39, 0.29) is 30.7 Å². The average Bonchev–Trinajstić information content (AvgIpc) is 2.49. The second kappa shape index (κ2) is 7.35. The molecule has 1 aromatic rings. The van der Waals surface area contributed by atoms with Gasteiger partial charge in [0, 0.05) is 25.2 Å². The molecule has 0 spiro atoms. The molecule has 1 aliphatic rings. The van der Waals surface area contributed by atoms with Crippen LogP contribution in [0, 0.1) is 5.82 Å². The van der Waals surface area contributed by atoms with Crippen molar-refractivity contribution in [1.82, 2.24) is 4.90 Å². The Balaban J connectivity index is 1.85. The highest BCUT2D eigenvalue weighted by molar-refractivity contribution is 5.91. The molecule has 4 N–H and O–H groups in total. The smallest absolute Gasteiger partial charge is 0.225 e. The van der Waals surface area contributed by atoms with Gasteiger partial charge in [0.1, 0.15) is 5.82 Å². The third-order valence-electron chi connectivity index (χ3n) is 3.45. The molecule has 0 saturated carbocycles. The number of anilines is 2. The molecule has 6 nitrogen and oxygen atoms in total. The fourth-order valence-electron chi connectivity index (χ4n) is 2.25. The standard InChI is InChI=1S/C14H20FN3O3/c15-12-2-1-10(16)7-13(12)17-14(20)3-4-18-5-6-21-9-11(18)8-19/h1-2,7,11,19H,3-6,8-9,16H2,(H,17,20). The Morgan fingerprint density at radius 1 is 1.57 bits per heavy atom. The lowest BCUT2D eigenvalue weighted by Gasteiger charge is -2.34. The number of carbonyl (C=O) groups excluding carboxylic acids is 1. The quantitative estimate of drug-likeness (QED) is 0.686. The number of amides is 1. The summed E-state index contributed by atoms with van der Waals surface area (Å²) in [4.78, 5) is 13.9. The molecular weight excluding hydrogens is 277 g/mol. The van der Waals surface area contributed by atoms with Crippen LogP contribution in [0.25, 0.3) is 0 Å². The van der Waals surface area contributed by atoms with E-state index in [9.17, 15) is 14.3 Å². The molecule has 116 valence electrons. The Morgan fingerprint density at radius 2 is 2.38 bits per heavy atom. The van der Waals surface area contributed by atoms with Gasteiger partial charge in [-0.1, -0.05) is 0 Å². The normalized spacial score (nSPS) is 19.4. The van der Waals surface area contributed by atoms with Crippen LogP contribution >= 0.6 is 0 Å². The summed E-state index contributed by atoms with van der Waals surface area (Å²) in [6.45, 7) is 2.20. The first-order valence-electron chi connectivity index (χ1n) is 6.87. The fraction of sp³-hybridized carbons (Fsp3) is 0.500. The lowest BCUT2D eigenvalue weighted by atomic mass is 10.2. The maximum Gasteiger partial charge on any atom is 0.225 e. The Kier molecular flexibility index (Phi) is 5.49. The number of aliphatic hydroxyl groups excluding tert-OH is 1. The van der Waals surface area contributed by atoms with Crippen molar-refractivity contribution in [2.45, 2.75) is 12.5 Å². The van der Waals surface area contributed by atoms with Crippen LogP contribution in [0.15, 0.2) is 18.2 Å². The number of halogens is 1. The van der Waals surface area contributed by atoms with E-state index in [0.29, 0.717) is 32.0 Å². The van der Waals surface area contributed by atoms with Crippen LogP contribution in [0.4, 0.5) is 15.8 Å². The second-order valence-electron chi connectivity index (χ2n) is 4.98. The minimum Gasteiger partial charge on any atom is -0.399 e. The lowest BCUT2D eigenvalue weighted by Crippen LogP contribution is -2.48. The summed E-state index contributed by atoms with van der Waals surface area (Å²) in [5, 5.41) is 11.8. The van der Waals surface area contributed by atoms with Crippen LogP contribution in [0.3, 0.4) is 0 Å². The average molecular weight is 297 g/mol. The van der Waals surface area contributed by atoms with Gasteiger partial charge in [-0.05, 0) is 18.2 Å². The molecule has 1 heterocycles. The van der Waals surface area contributed by atoms with Gasteiger partial charge in [0.2, 0.25) is 5.91 Å². The van der Waals surface area contributed by atoms with Crippen LogP contribution in [-0.2, 0) is 9.53 Å². The van der Waals surface area contributed by atoms with Crippen molar-refractivity contribution in [3.63, 3.8) is 0 Å². The van der Waals surface area contributed by atoms with Crippen molar-refractivity contribution in [2.75, 3.05) is 44.0 Å². The van der Waals surface area contributed by atoms with E-state index in [0.717, 1.165) is 0 Å². The molecule has 7 heteroatoms. The lowest BCUT2D eigenvalue weighted by molar-refractivity contribution is -0.117. The van der Waals surface area contributed by atoms with Gasteiger partial charge in [-0.15, -0.1) is 0 Å². The zero-order chi connectivity index (χ0) is 15.2. The van der Waals surface area contributed by atoms with E-state index in [4.69, 9.17) is 10.5 Å². The third kappa shape index (κ3) is 4.38. The van der Waals surface area contributed by atoms with Crippen molar-refractivity contribution in [1.29, 1.82) is 0 Å². The van der Waals surface area contributed by atoms with E-state index in [2.05, 4.69) is 5.32 Å². The highest BCUT2D eigenvalue weighted by atomic mass is 19.1. The molecule has 0 bridgehead atoms. The minimum absolute atomic E-state index is 0.00847. The predicted octanol–water partition coefficient (Wildman–Crippen LogP) is 0.430. The summed E-state index contributed by atoms with van der Waals surface area (Å²) in [6.07, 6.45) is 0.213. The maximum atomic E-state index is 13.5. The van der Waals surface area contributed by atoms with Gasteiger partial charge < -0.3 is 20.9 Å². The molecule has 1 aliphatic heterocycles. The van der Waals surface area contributed by atoms with Gasteiger partial charge >= 0.3 is 0 Å². The van der Waals surface area contributed by atoms with Gasteiger partial charge in [0.05, 0.1) is 31.5 Å². The Labute approximate surface area is 122 Å². The van der Waals surface area contributed by atoms with Crippen molar-refractivity contribution >= 4 is 17.3 Å². The molecule has 1 atom stereocenters. The van der Waals surface area contributed by atoms with Crippen LogP contribution < -0.4 is 11.1 Å².